The zero-order valence-corrected chi connectivity index (χ0v) is 29.4. The molecule has 0 atom stereocenters. The molecule has 248 valence electrons. The Bertz CT molecular complexity index is 3070. The summed E-state index contributed by atoms with van der Waals surface area (Å²) in [6, 6.07) is 58.8. The van der Waals surface area contributed by atoms with E-state index in [-0.39, 0.29) is 5.41 Å². The Labute approximate surface area is 307 Å². The highest BCUT2D eigenvalue weighted by atomic mass is 15.0. The SMILES string of the molecule is CC1(C)c2cc3c4ccc(-c5nc(-c6ccccc6)nc(-c6ccccc6)n5)cc4c4ccccc4c3cc2-c2c1c1ccccc1c1ccccc21. The lowest BCUT2D eigenvalue weighted by Gasteiger charge is -2.24. The van der Waals surface area contributed by atoms with Gasteiger partial charge < -0.3 is 0 Å². The van der Waals surface area contributed by atoms with Gasteiger partial charge in [0.05, 0.1) is 0 Å². The van der Waals surface area contributed by atoms with E-state index in [1.807, 2.05) is 36.4 Å². The zero-order chi connectivity index (χ0) is 35.3. The predicted molar refractivity (Wildman–Crippen MR) is 221 cm³/mol. The van der Waals surface area contributed by atoms with Gasteiger partial charge in [0, 0.05) is 22.1 Å². The van der Waals surface area contributed by atoms with Crippen LogP contribution in [-0.2, 0) is 5.41 Å². The first kappa shape index (κ1) is 30.0. The van der Waals surface area contributed by atoms with E-state index < -0.39 is 0 Å². The Morgan fingerprint density at radius 2 is 0.755 bits per heavy atom. The molecule has 0 N–H and O–H groups in total. The van der Waals surface area contributed by atoms with Gasteiger partial charge in [-0.2, -0.15) is 0 Å². The van der Waals surface area contributed by atoms with Crippen molar-refractivity contribution in [3.05, 3.63) is 175 Å². The summed E-state index contributed by atoms with van der Waals surface area (Å²) in [6.07, 6.45) is 0. The molecule has 1 aromatic heterocycles. The van der Waals surface area contributed by atoms with Crippen molar-refractivity contribution in [1.82, 2.24) is 15.0 Å². The van der Waals surface area contributed by atoms with Crippen molar-refractivity contribution < 1.29 is 0 Å². The lowest BCUT2D eigenvalue weighted by atomic mass is 9.78. The van der Waals surface area contributed by atoms with Crippen LogP contribution in [0.1, 0.15) is 25.0 Å². The highest BCUT2D eigenvalue weighted by Gasteiger charge is 2.39. The Kier molecular flexibility index (Phi) is 6.30. The maximum absolute atomic E-state index is 5.07. The largest absolute Gasteiger partial charge is 0.208 e. The van der Waals surface area contributed by atoms with Crippen molar-refractivity contribution in [3.8, 4) is 45.3 Å². The Balaban J connectivity index is 1.18. The van der Waals surface area contributed by atoms with Crippen LogP contribution in [0, 0.1) is 0 Å². The van der Waals surface area contributed by atoms with E-state index in [1.54, 1.807) is 0 Å². The standard InChI is InChI=1S/C50H33N3/c1-50(2)44-29-42-37-26-25-32(49-52-47(30-15-5-3-6-16-30)51-48(53-49)31-17-7-4-8-18-31)27-40(37)35-21-9-10-22-36(35)41(42)28-43(44)45-38-23-13-11-19-33(38)34-20-12-14-24-39(34)46(45)50/h3-29H,1-2H3. The minimum absolute atomic E-state index is 0.188. The predicted octanol–water partition coefficient (Wildman–Crippen LogP) is 12.9. The molecule has 0 aliphatic heterocycles. The quantitative estimate of drug-likeness (QED) is 0.175. The van der Waals surface area contributed by atoms with E-state index in [1.165, 1.54) is 76.1 Å². The van der Waals surface area contributed by atoms with Crippen LogP contribution < -0.4 is 0 Å². The van der Waals surface area contributed by atoms with Crippen molar-refractivity contribution in [2.75, 3.05) is 0 Å². The van der Waals surface area contributed by atoms with Crippen LogP contribution in [0.25, 0.3) is 99.2 Å². The van der Waals surface area contributed by atoms with E-state index in [0.717, 1.165) is 16.7 Å². The molecule has 1 aliphatic rings. The van der Waals surface area contributed by atoms with Crippen molar-refractivity contribution in [2.24, 2.45) is 0 Å². The van der Waals surface area contributed by atoms with Crippen LogP contribution in [0.5, 0.6) is 0 Å². The summed E-state index contributed by atoms with van der Waals surface area (Å²) in [5.74, 6) is 1.98. The van der Waals surface area contributed by atoms with E-state index in [0.29, 0.717) is 17.5 Å². The smallest absolute Gasteiger partial charge is 0.164 e. The third-order valence-corrected chi connectivity index (χ3v) is 11.4. The number of nitrogens with zero attached hydrogens (tertiary/aromatic N) is 3. The van der Waals surface area contributed by atoms with Crippen molar-refractivity contribution in [2.45, 2.75) is 19.3 Å². The molecule has 9 aromatic carbocycles. The van der Waals surface area contributed by atoms with Gasteiger partial charge >= 0.3 is 0 Å². The Morgan fingerprint density at radius 1 is 0.340 bits per heavy atom. The molecule has 0 unspecified atom stereocenters. The van der Waals surface area contributed by atoms with Crippen LogP contribution in [0.2, 0.25) is 0 Å². The van der Waals surface area contributed by atoms with E-state index >= 15 is 0 Å². The molecule has 3 nitrogen and oxygen atoms in total. The summed E-state index contributed by atoms with van der Waals surface area (Å²) in [6.45, 7) is 4.81. The van der Waals surface area contributed by atoms with Crippen LogP contribution in [-0.4, -0.2) is 15.0 Å². The fraction of sp³-hybridized carbons (Fsp3) is 0.0600. The number of hydrogen-bond acceptors (Lipinski definition) is 3. The van der Waals surface area contributed by atoms with Gasteiger partial charge in [0.15, 0.2) is 17.5 Å². The van der Waals surface area contributed by atoms with Gasteiger partial charge in [-0.3, -0.25) is 0 Å². The molecule has 0 bridgehead atoms. The second kappa shape index (κ2) is 11.1. The van der Waals surface area contributed by atoms with Crippen LogP contribution in [0.3, 0.4) is 0 Å². The maximum Gasteiger partial charge on any atom is 0.164 e. The van der Waals surface area contributed by atoms with E-state index in [9.17, 15) is 0 Å². The highest BCUT2D eigenvalue weighted by Crippen LogP contribution is 2.56. The molecule has 53 heavy (non-hydrogen) atoms. The topological polar surface area (TPSA) is 38.7 Å². The molecule has 0 saturated carbocycles. The third-order valence-electron chi connectivity index (χ3n) is 11.4. The highest BCUT2D eigenvalue weighted by molar-refractivity contribution is 6.27. The van der Waals surface area contributed by atoms with Crippen LogP contribution in [0.4, 0.5) is 0 Å². The molecule has 0 saturated heterocycles. The fourth-order valence-corrected chi connectivity index (χ4v) is 9.01. The van der Waals surface area contributed by atoms with Crippen LogP contribution >= 0.6 is 0 Å². The van der Waals surface area contributed by atoms with Crippen LogP contribution in [0.15, 0.2) is 164 Å². The molecule has 0 spiro atoms. The molecule has 1 heterocycles. The number of hydrogen-bond donors (Lipinski definition) is 0. The third kappa shape index (κ3) is 4.37. The van der Waals surface area contributed by atoms with Gasteiger partial charge in [0.25, 0.3) is 0 Å². The van der Waals surface area contributed by atoms with Gasteiger partial charge in [-0.15, -0.1) is 0 Å². The summed E-state index contributed by atoms with van der Waals surface area (Å²) in [5, 5.41) is 12.7. The molecule has 1 aliphatic carbocycles. The first-order valence-corrected chi connectivity index (χ1v) is 18.3. The van der Waals surface area contributed by atoms with Gasteiger partial charge in [-0.1, -0.05) is 159 Å². The normalized spacial score (nSPS) is 13.2. The average Bonchev–Trinajstić information content (AvgIpc) is 3.46. The maximum atomic E-state index is 5.07. The van der Waals surface area contributed by atoms with E-state index in [4.69, 9.17) is 15.0 Å². The van der Waals surface area contributed by atoms with Gasteiger partial charge in [0.2, 0.25) is 0 Å². The van der Waals surface area contributed by atoms with Gasteiger partial charge in [-0.05, 0) is 94.3 Å². The second-order valence-corrected chi connectivity index (χ2v) is 14.8. The van der Waals surface area contributed by atoms with Gasteiger partial charge in [-0.25, -0.2) is 15.0 Å². The zero-order valence-electron chi connectivity index (χ0n) is 29.4. The summed E-state index contributed by atoms with van der Waals surface area (Å²) in [5.41, 5.74) is 8.21. The van der Waals surface area contributed by atoms with Crippen molar-refractivity contribution in [1.29, 1.82) is 0 Å². The monoisotopic (exact) mass is 675 g/mol. The lowest BCUT2D eigenvalue weighted by molar-refractivity contribution is 0.667. The fourth-order valence-electron chi connectivity index (χ4n) is 9.01. The summed E-state index contributed by atoms with van der Waals surface area (Å²) in [7, 11) is 0. The summed E-state index contributed by atoms with van der Waals surface area (Å²) >= 11 is 0. The Morgan fingerprint density at radius 3 is 1.34 bits per heavy atom. The molecule has 11 rings (SSSR count). The number of fused-ring (bicyclic) bond motifs is 14. The lowest BCUT2D eigenvalue weighted by Crippen LogP contribution is -2.15. The first-order chi connectivity index (χ1) is 26.0. The number of rotatable bonds is 3. The number of benzene rings is 9. The molecule has 0 amide bonds. The minimum Gasteiger partial charge on any atom is -0.208 e. The second-order valence-electron chi connectivity index (χ2n) is 14.8. The van der Waals surface area contributed by atoms with Gasteiger partial charge in [0.1, 0.15) is 0 Å². The molecule has 10 aromatic rings. The molecule has 0 fully saturated rings. The molecular formula is C50H33N3. The van der Waals surface area contributed by atoms with Crippen molar-refractivity contribution in [3.63, 3.8) is 0 Å². The number of aromatic nitrogens is 3. The van der Waals surface area contributed by atoms with E-state index in [2.05, 4.69) is 141 Å². The first-order valence-electron chi connectivity index (χ1n) is 18.3. The average molecular weight is 676 g/mol. The molecule has 3 heteroatoms. The summed E-state index contributed by atoms with van der Waals surface area (Å²) in [4.78, 5) is 15.1. The molecular weight excluding hydrogens is 643 g/mol. The Hall–Kier alpha value is -6.71. The molecule has 0 radical (unpaired) electrons. The summed E-state index contributed by atoms with van der Waals surface area (Å²) < 4.78 is 0. The minimum atomic E-state index is -0.188. The van der Waals surface area contributed by atoms with Crippen molar-refractivity contribution >= 4 is 53.9 Å².